The molecule has 8 nitrogen and oxygen atoms in total. The van der Waals surface area contributed by atoms with E-state index in [4.69, 9.17) is 9.47 Å². The third-order valence-corrected chi connectivity index (χ3v) is 4.82. The van der Waals surface area contributed by atoms with Crippen LogP contribution in [0.2, 0.25) is 0 Å². The van der Waals surface area contributed by atoms with Gasteiger partial charge in [-0.3, -0.25) is 9.59 Å². The summed E-state index contributed by atoms with van der Waals surface area (Å²) in [7, 11) is 0. The molecule has 3 rings (SSSR count). The quantitative estimate of drug-likeness (QED) is 0.339. The van der Waals surface area contributed by atoms with E-state index in [-0.39, 0.29) is 11.8 Å². The molecular weight excluding hydrogens is 432 g/mol. The zero-order chi connectivity index (χ0) is 24.2. The van der Waals surface area contributed by atoms with E-state index in [1.807, 2.05) is 38.1 Å². The Morgan fingerprint density at radius 2 is 1.74 bits per heavy atom. The minimum Gasteiger partial charge on any atom is -0.494 e. The standard InChI is InChI=1S/C26H30N4O4/c1-3-33-17-7-16-28-25(31)19-8-5-9-21(18-19)30-26(32)23-10-6-15-27-24(23)29-20-11-13-22(14-12-20)34-4-2/h5-6,8-15,18H,3-4,7,16-17H2,1-2H3,(H,27,29)(H,28,31)(H,30,32). The molecule has 0 fully saturated rings. The molecule has 0 atom stereocenters. The van der Waals surface area contributed by atoms with Gasteiger partial charge in [0.15, 0.2) is 0 Å². The van der Waals surface area contributed by atoms with Crippen molar-refractivity contribution in [3.05, 3.63) is 78.0 Å². The topological polar surface area (TPSA) is 102 Å². The third-order valence-electron chi connectivity index (χ3n) is 4.82. The summed E-state index contributed by atoms with van der Waals surface area (Å²) >= 11 is 0. The van der Waals surface area contributed by atoms with Crippen molar-refractivity contribution in [3.8, 4) is 5.75 Å². The maximum absolute atomic E-state index is 13.0. The Morgan fingerprint density at radius 3 is 2.50 bits per heavy atom. The van der Waals surface area contributed by atoms with E-state index in [1.165, 1.54) is 0 Å². The first-order valence-corrected chi connectivity index (χ1v) is 11.3. The fourth-order valence-electron chi connectivity index (χ4n) is 3.19. The van der Waals surface area contributed by atoms with Gasteiger partial charge in [0.25, 0.3) is 11.8 Å². The zero-order valence-corrected chi connectivity index (χ0v) is 19.5. The fraction of sp³-hybridized carbons (Fsp3) is 0.269. The van der Waals surface area contributed by atoms with E-state index in [9.17, 15) is 9.59 Å². The summed E-state index contributed by atoms with van der Waals surface area (Å²) in [5, 5.41) is 8.88. The number of nitrogens with one attached hydrogen (secondary N) is 3. The van der Waals surface area contributed by atoms with Gasteiger partial charge in [-0.05, 0) is 74.9 Å². The Balaban J connectivity index is 1.64. The average Bonchev–Trinajstić information content (AvgIpc) is 2.85. The highest BCUT2D eigenvalue weighted by Crippen LogP contribution is 2.22. The Hall–Kier alpha value is -3.91. The van der Waals surface area contributed by atoms with Crippen molar-refractivity contribution in [2.24, 2.45) is 0 Å². The van der Waals surface area contributed by atoms with Gasteiger partial charge in [-0.1, -0.05) is 6.07 Å². The van der Waals surface area contributed by atoms with Gasteiger partial charge in [-0.15, -0.1) is 0 Å². The summed E-state index contributed by atoms with van der Waals surface area (Å²) in [5.41, 5.74) is 2.14. The van der Waals surface area contributed by atoms with Crippen LogP contribution in [0.25, 0.3) is 0 Å². The lowest BCUT2D eigenvalue weighted by atomic mass is 10.1. The number of benzene rings is 2. The molecule has 0 aliphatic rings. The highest BCUT2D eigenvalue weighted by atomic mass is 16.5. The molecule has 8 heteroatoms. The van der Waals surface area contributed by atoms with Crippen molar-refractivity contribution in [2.45, 2.75) is 20.3 Å². The van der Waals surface area contributed by atoms with Gasteiger partial charge in [0, 0.05) is 42.9 Å². The van der Waals surface area contributed by atoms with Crippen molar-refractivity contribution in [2.75, 3.05) is 37.0 Å². The smallest absolute Gasteiger partial charge is 0.259 e. The third kappa shape index (κ3) is 7.31. The molecule has 34 heavy (non-hydrogen) atoms. The van der Waals surface area contributed by atoms with Crippen LogP contribution >= 0.6 is 0 Å². The van der Waals surface area contributed by atoms with Crippen molar-refractivity contribution < 1.29 is 19.1 Å². The van der Waals surface area contributed by atoms with Gasteiger partial charge in [0.2, 0.25) is 0 Å². The maximum atomic E-state index is 13.0. The molecule has 0 saturated carbocycles. The van der Waals surface area contributed by atoms with Crippen molar-refractivity contribution in [1.29, 1.82) is 0 Å². The molecule has 2 amide bonds. The van der Waals surface area contributed by atoms with Crippen molar-refractivity contribution in [3.63, 3.8) is 0 Å². The van der Waals surface area contributed by atoms with Crippen LogP contribution in [0.15, 0.2) is 66.9 Å². The molecule has 0 spiro atoms. The SMILES string of the molecule is CCOCCCNC(=O)c1cccc(NC(=O)c2cccnc2Nc2ccc(OCC)cc2)c1. The molecular formula is C26H30N4O4. The first kappa shape index (κ1) is 24.7. The van der Waals surface area contributed by atoms with E-state index in [1.54, 1.807) is 42.6 Å². The second kappa shape index (κ2) is 13.0. The molecule has 3 aromatic rings. The predicted octanol–water partition coefficient (Wildman–Crippen LogP) is 4.63. The van der Waals surface area contributed by atoms with Crippen LogP contribution in [0.1, 0.15) is 41.0 Å². The summed E-state index contributed by atoms with van der Waals surface area (Å²) in [4.78, 5) is 29.7. The normalized spacial score (nSPS) is 10.4. The maximum Gasteiger partial charge on any atom is 0.259 e. The number of carbonyl (C=O) groups excluding carboxylic acids is 2. The van der Waals surface area contributed by atoms with Crippen LogP contribution in [0.5, 0.6) is 5.75 Å². The molecule has 0 bridgehead atoms. The van der Waals surface area contributed by atoms with Crippen LogP contribution in [0, 0.1) is 0 Å². The number of anilines is 3. The number of aromatic nitrogens is 1. The fourth-order valence-corrected chi connectivity index (χ4v) is 3.19. The Morgan fingerprint density at radius 1 is 0.912 bits per heavy atom. The molecule has 2 aromatic carbocycles. The molecule has 1 heterocycles. The highest BCUT2D eigenvalue weighted by Gasteiger charge is 2.14. The molecule has 3 N–H and O–H groups in total. The monoisotopic (exact) mass is 462 g/mol. The van der Waals surface area contributed by atoms with E-state index in [2.05, 4.69) is 20.9 Å². The lowest BCUT2D eigenvalue weighted by Crippen LogP contribution is -2.25. The molecule has 0 aliphatic heterocycles. The number of ether oxygens (including phenoxy) is 2. The molecule has 0 aliphatic carbocycles. The van der Waals surface area contributed by atoms with E-state index >= 15 is 0 Å². The van der Waals surface area contributed by atoms with Crippen LogP contribution in [-0.2, 0) is 4.74 Å². The molecule has 178 valence electrons. The lowest BCUT2D eigenvalue weighted by Gasteiger charge is -2.12. The van der Waals surface area contributed by atoms with Gasteiger partial charge < -0.3 is 25.4 Å². The summed E-state index contributed by atoms with van der Waals surface area (Å²) in [5.74, 6) is 0.653. The Bertz CT molecular complexity index is 1090. The highest BCUT2D eigenvalue weighted by molar-refractivity contribution is 6.08. The Kier molecular flexibility index (Phi) is 9.42. The average molecular weight is 463 g/mol. The predicted molar refractivity (Wildman–Crippen MR) is 133 cm³/mol. The van der Waals surface area contributed by atoms with Crippen LogP contribution in [0.4, 0.5) is 17.2 Å². The largest absolute Gasteiger partial charge is 0.494 e. The number of hydrogen-bond donors (Lipinski definition) is 3. The molecule has 1 aromatic heterocycles. The van der Waals surface area contributed by atoms with E-state index < -0.39 is 0 Å². The number of amides is 2. The van der Waals surface area contributed by atoms with Gasteiger partial charge in [-0.25, -0.2) is 4.98 Å². The number of nitrogens with zero attached hydrogens (tertiary/aromatic N) is 1. The second-order valence-electron chi connectivity index (χ2n) is 7.32. The number of rotatable bonds is 12. The van der Waals surface area contributed by atoms with Gasteiger partial charge >= 0.3 is 0 Å². The molecule has 0 unspecified atom stereocenters. The second-order valence-corrected chi connectivity index (χ2v) is 7.32. The first-order chi connectivity index (χ1) is 16.6. The number of pyridine rings is 1. The molecule has 0 radical (unpaired) electrons. The number of carbonyl (C=O) groups is 2. The summed E-state index contributed by atoms with van der Waals surface area (Å²) < 4.78 is 10.7. The van der Waals surface area contributed by atoms with Crippen LogP contribution in [0.3, 0.4) is 0 Å². The van der Waals surface area contributed by atoms with Crippen LogP contribution < -0.4 is 20.7 Å². The minimum atomic E-state index is -0.337. The minimum absolute atomic E-state index is 0.202. The zero-order valence-electron chi connectivity index (χ0n) is 19.5. The van der Waals surface area contributed by atoms with E-state index in [0.29, 0.717) is 49.0 Å². The van der Waals surface area contributed by atoms with Gasteiger partial charge in [-0.2, -0.15) is 0 Å². The van der Waals surface area contributed by atoms with Gasteiger partial charge in [0.1, 0.15) is 11.6 Å². The lowest BCUT2D eigenvalue weighted by molar-refractivity contribution is 0.0943. The first-order valence-electron chi connectivity index (χ1n) is 11.3. The van der Waals surface area contributed by atoms with Crippen molar-refractivity contribution >= 4 is 29.0 Å². The summed E-state index contributed by atoms with van der Waals surface area (Å²) in [6.07, 6.45) is 2.35. The van der Waals surface area contributed by atoms with Crippen molar-refractivity contribution in [1.82, 2.24) is 10.3 Å². The summed E-state index contributed by atoms with van der Waals surface area (Å²) in [6, 6.07) is 17.6. The summed E-state index contributed by atoms with van der Waals surface area (Å²) in [6.45, 7) is 6.23. The Labute approximate surface area is 199 Å². The number of hydrogen-bond acceptors (Lipinski definition) is 6. The van der Waals surface area contributed by atoms with Gasteiger partial charge in [0.05, 0.1) is 12.2 Å². The van der Waals surface area contributed by atoms with Crippen LogP contribution in [-0.4, -0.2) is 43.2 Å². The van der Waals surface area contributed by atoms with E-state index in [0.717, 1.165) is 17.9 Å². The molecule has 0 saturated heterocycles.